The van der Waals surface area contributed by atoms with Gasteiger partial charge in [-0.15, -0.1) is 0 Å². The van der Waals surface area contributed by atoms with Crippen molar-refractivity contribution in [2.45, 2.75) is 45.1 Å². The smallest absolute Gasteiger partial charge is 0.397 e. The van der Waals surface area contributed by atoms with Crippen molar-refractivity contribution in [3.05, 3.63) is 31.7 Å². The molecule has 0 radical (unpaired) electrons. The van der Waals surface area contributed by atoms with Crippen molar-refractivity contribution in [1.29, 1.82) is 0 Å². The van der Waals surface area contributed by atoms with Gasteiger partial charge in [-0.05, 0) is 31.4 Å². The molecule has 4 nitrogen and oxygen atoms in total. The summed E-state index contributed by atoms with van der Waals surface area (Å²) >= 11 is 5.65. The van der Waals surface area contributed by atoms with Crippen LogP contribution in [0.3, 0.4) is 0 Å². The highest BCUT2D eigenvalue weighted by molar-refractivity contribution is 6.29. The molecule has 0 amide bonds. The molecule has 0 aromatic carbocycles. The molecule has 16 heavy (non-hydrogen) atoms. The van der Waals surface area contributed by atoms with Crippen LogP contribution in [-0.2, 0) is 0 Å². The van der Waals surface area contributed by atoms with E-state index in [4.69, 9.17) is 16.0 Å². The highest BCUT2D eigenvalue weighted by Crippen LogP contribution is 2.26. The van der Waals surface area contributed by atoms with Gasteiger partial charge < -0.3 is 4.42 Å². The molecule has 5 heteroatoms. The van der Waals surface area contributed by atoms with E-state index in [0.717, 1.165) is 25.7 Å². The molecule has 0 aliphatic heterocycles. The molecule has 0 unspecified atom stereocenters. The van der Waals surface area contributed by atoms with Gasteiger partial charge in [-0.3, -0.25) is 4.79 Å². The van der Waals surface area contributed by atoms with Crippen LogP contribution in [0.5, 0.6) is 0 Å². The minimum absolute atomic E-state index is 0.0199. The largest absolute Gasteiger partial charge is 0.423 e. The quantitative estimate of drug-likeness (QED) is 0.760. The molecule has 0 saturated heterocycles. The number of rotatable bonds is 1. The first kappa shape index (κ1) is 11.5. The summed E-state index contributed by atoms with van der Waals surface area (Å²) in [6, 6.07) is -0.0199. The van der Waals surface area contributed by atoms with Gasteiger partial charge in [0.1, 0.15) is 0 Å². The highest BCUT2D eigenvalue weighted by Gasteiger charge is 2.21. The minimum Gasteiger partial charge on any atom is -0.397 e. The molecule has 1 aliphatic rings. The lowest BCUT2D eigenvalue weighted by Crippen LogP contribution is -2.38. The van der Waals surface area contributed by atoms with Gasteiger partial charge in [-0.1, -0.05) is 19.3 Å². The molecule has 1 aromatic rings. The molecule has 1 aliphatic carbocycles. The molecular formula is C11H14ClNO3. The Labute approximate surface area is 97.8 Å². The molecule has 0 bridgehead atoms. The van der Waals surface area contributed by atoms with E-state index in [-0.39, 0.29) is 16.8 Å². The van der Waals surface area contributed by atoms with E-state index in [1.165, 1.54) is 11.0 Å². The first-order valence-electron chi connectivity index (χ1n) is 5.53. The van der Waals surface area contributed by atoms with Gasteiger partial charge in [0.05, 0.1) is 5.56 Å². The number of halogens is 1. The van der Waals surface area contributed by atoms with Crippen LogP contribution >= 0.6 is 11.6 Å². The fraction of sp³-hybridized carbons (Fsp3) is 0.636. The molecule has 1 fully saturated rings. The normalized spacial score (nSPS) is 17.6. The second kappa shape index (κ2) is 4.45. The van der Waals surface area contributed by atoms with Crippen LogP contribution in [0, 0.1) is 6.92 Å². The maximum atomic E-state index is 11.9. The monoisotopic (exact) mass is 243 g/mol. The predicted octanol–water partition coefficient (Wildman–Crippen LogP) is 2.27. The van der Waals surface area contributed by atoms with E-state index in [1.807, 2.05) is 0 Å². The van der Waals surface area contributed by atoms with E-state index in [0.29, 0.717) is 5.56 Å². The maximum Gasteiger partial charge on any atom is 0.423 e. The van der Waals surface area contributed by atoms with Crippen LogP contribution in [0.2, 0.25) is 5.22 Å². The minimum atomic E-state index is -0.632. The summed E-state index contributed by atoms with van der Waals surface area (Å²) in [5, 5.41) is -0.0953. The molecule has 0 spiro atoms. The van der Waals surface area contributed by atoms with E-state index >= 15 is 0 Å². The summed E-state index contributed by atoms with van der Waals surface area (Å²) < 4.78 is 6.07. The fourth-order valence-electron chi connectivity index (χ4n) is 2.20. The zero-order valence-corrected chi connectivity index (χ0v) is 9.92. The second-order valence-corrected chi connectivity index (χ2v) is 4.58. The first-order chi connectivity index (χ1) is 7.61. The molecule has 2 rings (SSSR count). The molecule has 88 valence electrons. The SMILES string of the molecule is Cc1c(Cl)oc(=O)n(C2CCCCC2)c1=O. The molecule has 1 aromatic heterocycles. The lowest BCUT2D eigenvalue weighted by molar-refractivity contribution is 0.299. The summed E-state index contributed by atoms with van der Waals surface area (Å²) in [6.07, 6.45) is 5.01. The maximum absolute atomic E-state index is 11.9. The topological polar surface area (TPSA) is 52.2 Å². The average Bonchev–Trinajstić information content (AvgIpc) is 2.28. The lowest BCUT2D eigenvalue weighted by atomic mass is 9.95. The van der Waals surface area contributed by atoms with Crippen LogP contribution in [-0.4, -0.2) is 4.57 Å². The summed E-state index contributed by atoms with van der Waals surface area (Å²) in [5.41, 5.74) is -0.00000913. The Bertz CT molecular complexity index is 497. The first-order valence-corrected chi connectivity index (χ1v) is 5.91. The molecule has 1 saturated carbocycles. The molecule has 1 heterocycles. The highest BCUT2D eigenvalue weighted by atomic mass is 35.5. The van der Waals surface area contributed by atoms with Crippen LogP contribution in [0.1, 0.15) is 43.7 Å². The Morgan fingerprint density at radius 2 is 1.88 bits per heavy atom. The third-order valence-corrected chi connectivity index (χ3v) is 3.51. The van der Waals surface area contributed by atoms with Gasteiger partial charge in [0.2, 0.25) is 5.22 Å². The zero-order chi connectivity index (χ0) is 11.7. The zero-order valence-electron chi connectivity index (χ0n) is 9.16. The van der Waals surface area contributed by atoms with Crippen molar-refractivity contribution < 1.29 is 4.42 Å². The van der Waals surface area contributed by atoms with Crippen LogP contribution < -0.4 is 11.3 Å². The Hall–Kier alpha value is -1.03. The summed E-state index contributed by atoms with van der Waals surface area (Å²) in [7, 11) is 0. The summed E-state index contributed by atoms with van der Waals surface area (Å²) in [4.78, 5) is 23.6. The van der Waals surface area contributed by atoms with Crippen molar-refractivity contribution in [2.75, 3.05) is 0 Å². The summed E-state index contributed by atoms with van der Waals surface area (Å²) in [6.45, 7) is 1.58. The Balaban J connectivity index is 2.51. The number of nitrogens with zero attached hydrogens (tertiary/aromatic N) is 1. The van der Waals surface area contributed by atoms with Gasteiger partial charge in [0, 0.05) is 6.04 Å². The summed E-state index contributed by atoms with van der Waals surface area (Å²) in [5.74, 6) is -0.632. The third kappa shape index (κ3) is 1.94. The lowest BCUT2D eigenvalue weighted by Gasteiger charge is -2.22. The fourth-order valence-corrected chi connectivity index (χ4v) is 2.35. The van der Waals surface area contributed by atoms with Crippen molar-refractivity contribution in [3.8, 4) is 0 Å². The van der Waals surface area contributed by atoms with Crippen LogP contribution in [0.15, 0.2) is 14.0 Å². The van der Waals surface area contributed by atoms with Gasteiger partial charge in [-0.25, -0.2) is 9.36 Å². The van der Waals surface area contributed by atoms with Gasteiger partial charge >= 0.3 is 5.76 Å². The number of hydrogen-bond donors (Lipinski definition) is 0. The van der Waals surface area contributed by atoms with Gasteiger partial charge in [0.25, 0.3) is 5.56 Å². The Kier molecular flexibility index (Phi) is 3.19. The second-order valence-electron chi connectivity index (χ2n) is 4.23. The average molecular weight is 244 g/mol. The van der Waals surface area contributed by atoms with E-state index in [1.54, 1.807) is 6.92 Å². The number of aromatic nitrogens is 1. The molecule has 0 atom stereocenters. The van der Waals surface area contributed by atoms with Crippen molar-refractivity contribution in [2.24, 2.45) is 0 Å². The molecular weight excluding hydrogens is 230 g/mol. The Morgan fingerprint density at radius 1 is 1.25 bits per heavy atom. The standard InChI is InChI=1S/C11H14ClNO3/c1-7-9(12)16-11(15)13(10(7)14)8-5-3-2-4-6-8/h8H,2-6H2,1H3. The van der Waals surface area contributed by atoms with Crippen molar-refractivity contribution in [1.82, 2.24) is 4.57 Å². The van der Waals surface area contributed by atoms with Crippen LogP contribution in [0.25, 0.3) is 0 Å². The van der Waals surface area contributed by atoms with Crippen molar-refractivity contribution >= 4 is 11.6 Å². The predicted molar refractivity (Wildman–Crippen MR) is 61.1 cm³/mol. The van der Waals surface area contributed by atoms with Gasteiger partial charge in [-0.2, -0.15) is 0 Å². The Morgan fingerprint density at radius 3 is 2.50 bits per heavy atom. The van der Waals surface area contributed by atoms with E-state index in [2.05, 4.69) is 0 Å². The van der Waals surface area contributed by atoms with Gasteiger partial charge in [0.15, 0.2) is 0 Å². The van der Waals surface area contributed by atoms with E-state index in [9.17, 15) is 9.59 Å². The van der Waals surface area contributed by atoms with E-state index < -0.39 is 5.76 Å². The number of hydrogen-bond acceptors (Lipinski definition) is 3. The van der Waals surface area contributed by atoms with Crippen LogP contribution in [0.4, 0.5) is 0 Å². The van der Waals surface area contributed by atoms with Crippen molar-refractivity contribution in [3.63, 3.8) is 0 Å². The molecule has 0 N–H and O–H groups in total. The third-order valence-electron chi connectivity index (χ3n) is 3.15.